The largest absolute Gasteiger partial charge is 0.342 e. The van der Waals surface area contributed by atoms with Crippen LogP contribution in [0.15, 0.2) is 0 Å². The molecule has 84 valence electrons. The molecule has 2 aliphatic heterocycles. The normalized spacial score (nSPS) is 21.2. The molecule has 2 aliphatic rings. The van der Waals surface area contributed by atoms with Crippen molar-refractivity contribution in [1.29, 1.82) is 0 Å². The molecule has 0 aromatic heterocycles. The van der Waals surface area contributed by atoms with Gasteiger partial charge in [0.25, 0.3) is 5.91 Å². The highest BCUT2D eigenvalue weighted by Crippen LogP contribution is 2.21. The fourth-order valence-corrected chi connectivity index (χ4v) is 1.10. The van der Waals surface area contributed by atoms with Gasteiger partial charge < -0.3 is 9.79 Å². The molecule has 2 rings (SSSR count). The average Bonchev–Trinajstić information content (AvgIpc) is 2.93. The fourth-order valence-electron chi connectivity index (χ4n) is 1.10. The molecule has 7 nitrogen and oxygen atoms in total. The Hall–Kier alpha value is -1.63. The van der Waals surface area contributed by atoms with Crippen molar-refractivity contribution in [1.82, 2.24) is 10.2 Å². The smallest absolute Gasteiger partial charge is 0.308 e. The van der Waals surface area contributed by atoms with Gasteiger partial charge in [-0.25, -0.2) is 9.59 Å². The summed E-state index contributed by atoms with van der Waals surface area (Å²) >= 11 is 0. The number of carbonyl (C=O) groups excluding carboxylic acids is 3. The first kappa shape index (κ1) is 11.4. The van der Waals surface area contributed by atoms with E-state index >= 15 is 0 Å². The number of hydrogen-bond acceptors (Lipinski definition) is 5. The van der Waals surface area contributed by atoms with Gasteiger partial charge in [-0.1, -0.05) is 6.92 Å². The Bertz CT molecular complexity index is 273. The molecule has 0 aromatic carbocycles. The summed E-state index contributed by atoms with van der Waals surface area (Å²) in [6.45, 7) is 2.46. The van der Waals surface area contributed by atoms with Gasteiger partial charge in [0.2, 0.25) is 0 Å². The summed E-state index contributed by atoms with van der Waals surface area (Å²) < 4.78 is 0. The van der Waals surface area contributed by atoms with Crippen molar-refractivity contribution in [2.45, 2.75) is 25.8 Å². The van der Waals surface area contributed by atoms with E-state index < -0.39 is 5.97 Å². The molecule has 0 saturated carbocycles. The molecular formula is C8H12N2O5. The molecule has 0 radical (unpaired) electrons. The molecule has 1 atom stereocenters. The summed E-state index contributed by atoms with van der Waals surface area (Å²) in [4.78, 5) is 35.7. The molecule has 2 heterocycles. The summed E-state index contributed by atoms with van der Waals surface area (Å²) in [5.74, 6) is -0.711. The molecule has 2 N–H and O–H groups in total. The molecule has 0 aliphatic carbocycles. The topological polar surface area (TPSA) is 95.7 Å². The lowest BCUT2D eigenvalue weighted by Crippen LogP contribution is -2.26. The van der Waals surface area contributed by atoms with Crippen molar-refractivity contribution in [3.8, 4) is 0 Å². The average molecular weight is 216 g/mol. The van der Waals surface area contributed by atoms with Crippen LogP contribution in [0.2, 0.25) is 0 Å². The summed E-state index contributed by atoms with van der Waals surface area (Å²) in [6.07, 6.45) is 0.996. The van der Waals surface area contributed by atoms with E-state index in [1.165, 1.54) is 4.90 Å². The molecule has 2 saturated heterocycles. The van der Waals surface area contributed by atoms with Crippen LogP contribution in [0.3, 0.4) is 0 Å². The Morgan fingerprint density at radius 2 is 2.33 bits per heavy atom. The van der Waals surface area contributed by atoms with Crippen molar-refractivity contribution in [2.24, 2.45) is 0 Å². The number of imide groups is 1. The van der Waals surface area contributed by atoms with Gasteiger partial charge in [-0.2, -0.15) is 5.26 Å². The zero-order valence-electron chi connectivity index (χ0n) is 8.23. The van der Waals surface area contributed by atoms with Crippen LogP contribution in [0.4, 0.5) is 4.79 Å². The molecule has 2 fully saturated rings. The molecule has 0 bridgehead atoms. The van der Waals surface area contributed by atoms with Crippen LogP contribution in [0.25, 0.3) is 0 Å². The van der Waals surface area contributed by atoms with E-state index in [0.717, 1.165) is 0 Å². The highest BCUT2D eigenvalue weighted by Gasteiger charge is 2.51. The third kappa shape index (κ3) is 2.91. The first-order valence-electron chi connectivity index (χ1n) is 4.55. The van der Waals surface area contributed by atoms with E-state index in [4.69, 9.17) is 5.26 Å². The second-order valence-corrected chi connectivity index (χ2v) is 3.18. The summed E-state index contributed by atoms with van der Waals surface area (Å²) in [6, 6.07) is -0.345. The molecule has 7 heteroatoms. The second-order valence-electron chi connectivity index (χ2n) is 3.18. The molecule has 15 heavy (non-hydrogen) atoms. The highest BCUT2D eigenvalue weighted by molar-refractivity contribution is 6.08. The van der Waals surface area contributed by atoms with Gasteiger partial charge in [0.15, 0.2) is 0 Å². The molecule has 0 aromatic rings. The van der Waals surface area contributed by atoms with Crippen molar-refractivity contribution in [2.75, 3.05) is 6.54 Å². The molecule has 1 unspecified atom stereocenters. The number of rotatable bonds is 2. The Balaban J connectivity index is 0.000000153. The SMILES string of the molecule is CCCC(=O)OO.O=C1NC(=O)N2CC12. The number of hydrogen-bond donors (Lipinski definition) is 2. The van der Waals surface area contributed by atoms with E-state index in [1.807, 2.05) is 6.92 Å². The number of nitrogens with one attached hydrogen (secondary N) is 1. The number of carbonyl (C=O) groups is 3. The first-order valence-corrected chi connectivity index (χ1v) is 4.55. The zero-order chi connectivity index (χ0) is 11.4. The van der Waals surface area contributed by atoms with Crippen molar-refractivity contribution < 1.29 is 24.5 Å². The van der Waals surface area contributed by atoms with Crippen LogP contribution in [0.5, 0.6) is 0 Å². The lowest BCUT2D eigenvalue weighted by Gasteiger charge is -1.88. The van der Waals surface area contributed by atoms with Crippen LogP contribution >= 0.6 is 0 Å². The maximum Gasteiger partial charge on any atom is 0.342 e. The Kier molecular flexibility index (Phi) is 3.62. The Morgan fingerprint density at radius 1 is 1.67 bits per heavy atom. The minimum absolute atomic E-state index is 0.109. The zero-order valence-corrected chi connectivity index (χ0v) is 8.23. The third-order valence-corrected chi connectivity index (χ3v) is 1.96. The van der Waals surface area contributed by atoms with E-state index in [1.54, 1.807) is 0 Å². The van der Waals surface area contributed by atoms with Gasteiger partial charge in [0, 0.05) is 6.42 Å². The monoisotopic (exact) mass is 216 g/mol. The Labute approximate surface area is 85.9 Å². The summed E-state index contributed by atoms with van der Waals surface area (Å²) in [5.41, 5.74) is 0. The van der Waals surface area contributed by atoms with Crippen molar-refractivity contribution in [3.05, 3.63) is 0 Å². The lowest BCUT2D eigenvalue weighted by molar-refractivity contribution is -0.234. The molecule has 3 amide bonds. The van der Waals surface area contributed by atoms with E-state index in [9.17, 15) is 14.4 Å². The van der Waals surface area contributed by atoms with Gasteiger partial charge in [-0.3, -0.25) is 10.1 Å². The first-order chi connectivity index (χ1) is 7.10. The van der Waals surface area contributed by atoms with Gasteiger partial charge in [-0.05, 0) is 6.42 Å². The molecule has 0 spiro atoms. The Morgan fingerprint density at radius 3 is 2.47 bits per heavy atom. The van der Waals surface area contributed by atoms with Crippen LogP contribution < -0.4 is 5.32 Å². The predicted molar refractivity (Wildman–Crippen MR) is 47.7 cm³/mol. The maximum absolute atomic E-state index is 10.5. The predicted octanol–water partition coefficient (Wildman–Crippen LogP) is -0.277. The summed E-state index contributed by atoms with van der Waals surface area (Å²) in [5, 5.41) is 9.78. The minimum atomic E-state index is -0.567. The number of amides is 3. The number of urea groups is 1. The van der Waals surface area contributed by atoms with Gasteiger partial charge in [0.1, 0.15) is 6.04 Å². The standard InChI is InChI=1S/C4H4N2O2.C4H8O3/c7-3-2-1-6(2)4(8)5-3;1-2-3-4(5)7-6/h2H,1H2,(H,5,7,8);6H,2-3H2,1H3. The quantitative estimate of drug-likeness (QED) is 0.286. The van der Waals surface area contributed by atoms with Crippen LogP contribution in [-0.2, 0) is 14.5 Å². The fraction of sp³-hybridized carbons (Fsp3) is 0.625. The second kappa shape index (κ2) is 4.74. The molecular weight excluding hydrogens is 204 g/mol. The summed E-state index contributed by atoms with van der Waals surface area (Å²) in [7, 11) is 0. The third-order valence-electron chi connectivity index (χ3n) is 1.96. The van der Waals surface area contributed by atoms with Crippen molar-refractivity contribution in [3.63, 3.8) is 0 Å². The maximum atomic E-state index is 10.5. The minimum Gasteiger partial charge on any atom is -0.308 e. The highest BCUT2D eigenvalue weighted by atomic mass is 17.1. The van der Waals surface area contributed by atoms with E-state index in [-0.39, 0.29) is 24.4 Å². The van der Waals surface area contributed by atoms with Crippen LogP contribution in [0.1, 0.15) is 19.8 Å². The lowest BCUT2D eigenvalue weighted by atomic mass is 10.3. The number of fused-ring (bicyclic) bond motifs is 1. The van der Waals surface area contributed by atoms with Gasteiger partial charge >= 0.3 is 12.0 Å². The van der Waals surface area contributed by atoms with E-state index in [0.29, 0.717) is 13.0 Å². The van der Waals surface area contributed by atoms with Crippen LogP contribution in [0, 0.1) is 0 Å². The number of nitrogens with zero attached hydrogens (tertiary/aromatic N) is 1. The van der Waals surface area contributed by atoms with Gasteiger partial charge in [0.05, 0.1) is 6.54 Å². The van der Waals surface area contributed by atoms with Gasteiger partial charge in [-0.15, -0.1) is 0 Å². The van der Waals surface area contributed by atoms with Crippen LogP contribution in [-0.4, -0.2) is 40.7 Å². The van der Waals surface area contributed by atoms with Crippen molar-refractivity contribution >= 4 is 17.9 Å². The van der Waals surface area contributed by atoms with E-state index in [2.05, 4.69) is 10.2 Å².